The van der Waals surface area contributed by atoms with Gasteiger partial charge in [-0.15, -0.1) is 0 Å². The van der Waals surface area contributed by atoms with E-state index in [-0.39, 0.29) is 18.5 Å². The Balaban J connectivity index is 1.54. The minimum atomic E-state index is -0.575. The van der Waals surface area contributed by atoms with Crippen molar-refractivity contribution in [1.29, 1.82) is 0 Å². The number of hydrogen-bond acceptors (Lipinski definition) is 4. The maximum absolute atomic E-state index is 12.8. The average molecular weight is 435 g/mol. The van der Waals surface area contributed by atoms with Crippen molar-refractivity contribution in [3.05, 3.63) is 74.4 Å². The Kier molecular flexibility index (Phi) is 6.83. The predicted octanol–water partition coefficient (Wildman–Crippen LogP) is 3.47. The molecule has 168 valence electrons. The van der Waals surface area contributed by atoms with Gasteiger partial charge in [0.05, 0.1) is 12.1 Å². The van der Waals surface area contributed by atoms with Crippen LogP contribution in [0.4, 0.5) is 0 Å². The van der Waals surface area contributed by atoms with Crippen molar-refractivity contribution in [3.63, 3.8) is 0 Å². The summed E-state index contributed by atoms with van der Waals surface area (Å²) in [5.41, 5.74) is 1.41. The minimum Gasteiger partial charge on any atom is -0.349 e. The highest BCUT2D eigenvalue weighted by atomic mass is 16.2. The lowest BCUT2D eigenvalue weighted by Crippen LogP contribution is -2.41. The van der Waals surface area contributed by atoms with Crippen molar-refractivity contribution in [2.45, 2.75) is 71.0 Å². The number of hydrogen-bond donors (Lipinski definition) is 1. The van der Waals surface area contributed by atoms with E-state index in [1.807, 2.05) is 19.1 Å². The number of carbonyl (C=O) groups is 1. The highest BCUT2D eigenvalue weighted by Crippen LogP contribution is 2.18. The van der Waals surface area contributed by atoms with E-state index >= 15 is 0 Å². The second-order valence-electron chi connectivity index (χ2n) is 8.50. The molecule has 1 aromatic carbocycles. The standard InChI is InChI=1S/C25H30N4O3/c1-2-28-22-21(11-8-16-26-22)29(25(32)24(28)31)17-18-12-14-19(15-13-18)23(30)27-20-9-6-4-3-5-7-10-20/h8,11-16,20H,2-7,9-10,17H2,1H3,(H,27,30). The molecule has 1 amide bonds. The van der Waals surface area contributed by atoms with Crippen molar-refractivity contribution in [2.24, 2.45) is 0 Å². The minimum absolute atomic E-state index is 0.0560. The quantitative estimate of drug-likeness (QED) is 0.623. The Morgan fingerprint density at radius 2 is 1.62 bits per heavy atom. The lowest BCUT2D eigenvalue weighted by Gasteiger charge is -2.21. The van der Waals surface area contributed by atoms with Crippen LogP contribution < -0.4 is 16.4 Å². The van der Waals surface area contributed by atoms with Gasteiger partial charge in [-0.05, 0) is 49.6 Å². The second kappa shape index (κ2) is 9.94. The molecule has 7 heteroatoms. The third-order valence-electron chi connectivity index (χ3n) is 6.30. The van der Waals surface area contributed by atoms with Crippen LogP contribution in [-0.2, 0) is 13.1 Å². The summed E-state index contributed by atoms with van der Waals surface area (Å²) in [6.07, 6.45) is 9.81. The van der Waals surface area contributed by atoms with Crippen LogP contribution in [0, 0.1) is 0 Å². The van der Waals surface area contributed by atoms with Crippen LogP contribution in [0.15, 0.2) is 52.2 Å². The van der Waals surface area contributed by atoms with Crippen LogP contribution in [-0.4, -0.2) is 26.1 Å². The zero-order valence-corrected chi connectivity index (χ0v) is 18.5. The number of amides is 1. The van der Waals surface area contributed by atoms with E-state index in [9.17, 15) is 14.4 Å². The molecule has 4 rings (SSSR count). The average Bonchev–Trinajstić information content (AvgIpc) is 2.79. The second-order valence-corrected chi connectivity index (χ2v) is 8.50. The largest absolute Gasteiger partial charge is 0.349 e. The molecule has 0 saturated heterocycles. The summed E-state index contributed by atoms with van der Waals surface area (Å²) in [4.78, 5) is 42.3. The number of nitrogens with one attached hydrogen (secondary N) is 1. The Morgan fingerprint density at radius 3 is 2.31 bits per heavy atom. The summed E-state index contributed by atoms with van der Waals surface area (Å²) in [6.45, 7) is 2.44. The Morgan fingerprint density at radius 1 is 0.969 bits per heavy atom. The van der Waals surface area contributed by atoms with Gasteiger partial charge in [-0.3, -0.25) is 23.5 Å². The first-order valence-corrected chi connectivity index (χ1v) is 11.6. The van der Waals surface area contributed by atoms with E-state index in [1.165, 1.54) is 28.4 Å². The summed E-state index contributed by atoms with van der Waals surface area (Å²) in [6, 6.07) is 11.0. The monoisotopic (exact) mass is 434 g/mol. The number of rotatable bonds is 5. The van der Waals surface area contributed by atoms with Crippen LogP contribution in [0.5, 0.6) is 0 Å². The van der Waals surface area contributed by atoms with Gasteiger partial charge < -0.3 is 5.32 Å². The Hall–Kier alpha value is -3.22. The van der Waals surface area contributed by atoms with Crippen LogP contribution >= 0.6 is 0 Å². The molecule has 32 heavy (non-hydrogen) atoms. The summed E-state index contributed by atoms with van der Waals surface area (Å²) >= 11 is 0. The summed E-state index contributed by atoms with van der Waals surface area (Å²) < 4.78 is 2.86. The molecule has 0 unspecified atom stereocenters. The lowest BCUT2D eigenvalue weighted by molar-refractivity contribution is 0.0930. The fourth-order valence-electron chi connectivity index (χ4n) is 4.51. The van der Waals surface area contributed by atoms with Gasteiger partial charge in [0, 0.05) is 24.3 Å². The van der Waals surface area contributed by atoms with Gasteiger partial charge in [0.25, 0.3) is 5.91 Å². The topological polar surface area (TPSA) is 86.0 Å². The molecular weight excluding hydrogens is 404 g/mol. The zero-order chi connectivity index (χ0) is 22.5. The molecule has 0 bridgehead atoms. The molecule has 0 radical (unpaired) electrons. The number of aryl methyl sites for hydroxylation is 1. The molecule has 2 heterocycles. The number of fused-ring (bicyclic) bond motifs is 1. The molecule has 0 spiro atoms. The molecule has 7 nitrogen and oxygen atoms in total. The van der Waals surface area contributed by atoms with E-state index in [0.29, 0.717) is 23.3 Å². The molecule has 0 aliphatic heterocycles. The van der Waals surface area contributed by atoms with Crippen LogP contribution in [0.3, 0.4) is 0 Å². The number of aromatic nitrogens is 3. The predicted molar refractivity (Wildman–Crippen MR) is 125 cm³/mol. The molecule has 1 fully saturated rings. The Labute approximate surface area is 187 Å². The van der Waals surface area contributed by atoms with Gasteiger partial charge >= 0.3 is 11.1 Å². The lowest BCUT2D eigenvalue weighted by atomic mass is 9.96. The highest BCUT2D eigenvalue weighted by molar-refractivity contribution is 5.94. The molecule has 2 aromatic heterocycles. The first-order valence-electron chi connectivity index (χ1n) is 11.6. The van der Waals surface area contributed by atoms with Crippen molar-refractivity contribution in [1.82, 2.24) is 19.4 Å². The Bertz CT molecular complexity index is 1200. The molecule has 1 aliphatic rings. The first kappa shape index (κ1) is 22.0. The maximum atomic E-state index is 12.8. The van der Waals surface area contributed by atoms with E-state index in [2.05, 4.69) is 10.3 Å². The number of benzene rings is 1. The van der Waals surface area contributed by atoms with Crippen LogP contribution in [0.1, 0.15) is 67.8 Å². The van der Waals surface area contributed by atoms with E-state index in [1.54, 1.807) is 30.5 Å². The summed E-state index contributed by atoms with van der Waals surface area (Å²) in [5, 5.41) is 3.18. The molecule has 3 aromatic rings. The van der Waals surface area contributed by atoms with Crippen molar-refractivity contribution in [2.75, 3.05) is 0 Å². The highest BCUT2D eigenvalue weighted by Gasteiger charge is 2.16. The van der Waals surface area contributed by atoms with Crippen molar-refractivity contribution in [3.8, 4) is 0 Å². The molecule has 1 saturated carbocycles. The number of pyridine rings is 1. The van der Waals surface area contributed by atoms with Gasteiger partial charge in [0.2, 0.25) is 0 Å². The smallest absolute Gasteiger partial charge is 0.318 e. The number of carbonyl (C=O) groups excluding carboxylic acids is 1. The van der Waals surface area contributed by atoms with E-state index in [4.69, 9.17) is 0 Å². The van der Waals surface area contributed by atoms with Crippen molar-refractivity contribution >= 4 is 17.1 Å². The van der Waals surface area contributed by atoms with Crippen molar-refractivity contribution < 1.29 is 4.79 Å². The SMILES string of the molecule is CCn1c(=O)c(=O)n(Cc2ccc(C(=O)NC3CCCCCCC3)cc2)c2cccnc21. The zero-order valence-electron chi connectivity index (χ0n) is 18.5. The van der Waals surface area contributed by atoms with Gasteiger partial charge in [-0.1, -0.05) is 44.2 Å². The fourth-order valence-corrected chi connectivity index (χ4v) is 4.51. The fraction of sp³-hybridized carbons (Fsp3) is 0.440. The normalized spacial score (nSPS) is 15.3. The van der Waals surface area contributed by atoms with Crippen LogP contribution in [0.2, 0.25) is 0 Å². The number of nitrogens with zero attached hydrogens (tertiary/aromatic N) is 3. The summed E-state index contributed by atoms with van der Waals surface area (Å²) in [5.74, 6) is -0.0560. The van der Waals surface area contributed by atoms with Gasteiger partial charge in [-0.25, -0.2) is 4.98 Å². The third kappa shape index (κ3) is 4.66. The van der Waals surface area contributed by atoms with Crippen LogP contribution in [0.25, 0.3) is 11.2 Å². The first-order chi connectivity index (χ1) is 15.6. The molecular formula is C25H30N4O3. The van der Waals surface area contributed by atoms with E-state index < -0.39 is 11.1 Å². The van der Waals surface area contributed by atoms with Gasteiger partial charge in [-0.2, -0.15) is 0 Å². The van der Waals surface area contributed by atoms with Gasteiger partial charge in [0.1, 0.15) is 0 Å². The van der Waals surface area contributed by atoms with Gasteiger partial charge in [0.15, 0.2) is 5.65 Å². The third-order valence-corrected chi connectivity index (χ3v) is 6.30. The maximum Gasteiger partial charge on any atom is 0.318 e. The molecule has 1 N–H and O–H groups in total. The summed E-state index contributed by atoms with van der Waals surface area (Å²) in [7, 11) is 0. The molecule has 0 atom stereocenters. The van der Waals surface area contributed by atoms with E-state index in [0.717, 1.165) is 31.2 Å². The molecule has 1 aliphatic carbocycles.